The quantitative estimate of drug-likeness (QED) is 0.777. The van der Waals surface area contributed by atoms with Gasteiger partial charge in [-0.25, -0.2) is 9.78 Å². The van der Waals surface area contributed by atoms with Crippen LogP contribution >= 0.6 is 23.4 Å². The molecule has 0 aliphatic carbocycles. The lowest BCUT2D eigenvalue weighted by Crippen LogP contribution is -2.41. The molecule has 1 aromatic heterocycles. The normalized spacial score (nSPS) is 11.9. The Morgan fingerprint density at radius 2 is 2.33 bits per heavy atom. The van der Waals surface area contributed by atoms with Crippen LogP contribution in [0.2, 0.25) is 5.15 Å². The Morgan fingerprint density at radius 3 is 2.89 bits per heavy atom. The molecule has 1 atom stereocenters. The second-order valence-corrected chi connectivity index (χ2v) is 4.95. The molecule has 0 aliphatic heterocycles. The van der Waals surface area contributed by atoms with E-state index in [4.69, 9.17) is 16.7 Å². The van der Waals surface area contributed by atoms with Gasteiger partial charge in [0.1, 0.15) is 11.2 Å². The van der Waals surface area contributed by atoms with E-state index < -0.39 is 12.0 Å². The molecule has 7 heteroatoms. The second-order valence-electron chi connectivity index (χ2n) is 3.56. The Kier molecular flexibility index (Phi) is 5.94. The first-order chi connectivity index (χ1) is 8.50. The number of carboxylic acids is 1. The van der Waals surface area contributed by atoms with Crippen LogP contribution in [0.15, 0.2) is 18.3 Å². The van der Waals surface area contributed by atoms with Gasteiger partial charge in [-0.05, 0) is 11.6 Å². The smallest absolute Gasteiger partial charge is 0.327 e. The summed E-state index contributed by atoms with van der Waals surface area (Å²) >= 11 is 7.25. The van der Waals surface area contributed by atoms with E-state index in [0.717, 1.165) is 5.56 Å². The molecule has 0 radical (unpaired) electrons. The number of halogens is 1. The molecule has 0 spiro atoms. The van der Waals surface area contributed by atoms with E-state index in [1.165, 1.54) is 18.7 Å². The van der Waals surface area contributed by atoms with Crippen molar-refractivity contribution in [3.8, 4) is 0 Å². The molecule has 1 amide bonds. The molecule has 0 fully saturated rings. The maximum atomic E-state index is 10.9. The van der Waals surface area contributed by atoms with Gasteiger partial charge in [-0.2, -0.15) is 11.8 Å². The summed E-state index contributed by atoms with van der Waals surface area (Å²) < 4.78 is 0. The van der Waals surface area contributed by atoms with Crippen LogP contribution in [-0.2, 0) is 15.3 Å². The fourth-order valence-electron chi connectivity index (χ4n) is 1.23. The summed E-state index contributed by atoms with van der Waals surface area (Å²) in [5.41, 5.74) is 0.844. The summed E-state index contributed by atoms with van der Waals surface area (Å²) in [6, 6.07) is 2.71. The molecule has 1 heterocycles. The number of amides is 1. The summed E-state index contributed by atoms with van der Waals surface area (Å²) in [4.78, 5) is 25.6. The van der Waals surface area contributed by atoms with Gasteiger partial charge < -0.3 is 10.4 Å². The van der Waals surface area contributed by atoms with Gasteiger partial charge in [0, 0.05) is 24.6 Å². The standard InChI is InChI=1S/C11H13ClN2O3S/c1-7(15)14-9(11(16)17)6-18-5-8-3-2-4-13-10(8)12/h2-4,9H,5-6H2,1H3,(H,14,15)(H,16,17)/t9-/m0/s1. The van der Waals surface area contributed by atoms with E-state index in [2.05, 4.69) is 10.3 Å². The number of rotatable bonds is 6. The lowest BCUT2D eigenvalue weighted by molar-refractivity contribution is -0.140. The molecule has 0 aliphatic rings. The van der Waals surface area contributed by atoms with E-state index in [-0.39, 0.29) is 11.7 Å². The van der Waals surface area contributed by atoms with Crippen LogP contribution < -0.4 is 5.32 Å². The number of thioether (sulfide) groups is 1. The van der Waals surface area contributed by atoms with Gasteiger partial charge in [-0.15, -0.1) is 0 Å². The molecule has 5 nitrogen and oxygen atoms in total. The van der Waals surface area contributed by atoms with Crippen LogP contribution in [0.25, 0.3) is 0 Å². The Morgan fingerprint density at radius 1 is 1.61 bits per heavy atom. The van der Waals surface area contributed by atoms with Crippen molar-refractivity contribution in [3.05, 3.63) is 29.0 Å². The molecule has 1 rings (SSSR count). The van der Waals surface area contributed by atoms with E-state index in [0.29, 0.717) is 10.9 Å². The van der Waals surface area contributed by atoms with Crippen LogP contribution in [0.1, 0.15) is 12.5 Å². The van der Waals surface area contributed by atoms with Gasteiger partial charge in [-0.1, -0.05) is 17.7 Å². The van der Waals surface area contributed by atoms with Crippen LogP contribution in [0.5, 0.6) is 0 Å². The van der Waals surface area contributed by atoms with Crippen LogP contribution in [0, 0.1) is 0 Å². The van der Waals surface area contributed by atoms with Crippen LogP contribution in [0.3, 0.4) is 0 Å². The van der Waals surface area contributed by atoms with Crippen molar-refractivity contribution < 1.29 is 14.7 Å². The topological polar surface area (TPSA) is 79.3 Å². The van der Waals surface area contributed by atoms with Crippen molar-refractivity contribution >= 4 is 35.2 Å². The van der Waals surface area contributed by atoms with Gasteiger partial charge in [0.2, 0.25) is 5.91 Å². The Labute approximate surface area is 114 Å². The van der Waals surface area contributed by atoms with Gasteiger partial charge in [0.25, 0.3) is 0 Å². The third kappa shape index (κ3) is 4.93. The molecule has 18 heavy (non-hydrogen) atoms. The van der Waals surface area contributed by atoms with E-state index >= 15 is 0 Å². The Hall–Kier alpha value is -1.27. The highest BCUT2D eigenvalue weighted by Crippen LogP contribution is 2.19. The highest BCUT2D eigenvalue weighted by atomic mass is 35.5. The van der Waals surface area contributed by atoms with Crippen molar-refractivity contribution in [2.24, 2.45) is 0 Å². The second kappa shape index (κ2) is 7.23. The van der Waals surface area contributed by atoms with Gasteiger partial charge >= 0.3 is 5.97 Å². The Balaban J connectivity index is 2.46. The first-order valence-electron chi connectivity index (χ1n) is 5.17. The van der Waals surface area contributed by atoms with E-state index in [1.807, 2.05) is 6.07 Å². The van der Waals surface area contributed by atoms with E-state index in [9.17, 15) is 9.59 Å². The summed E-state index contributed by atoms with van der Waals surface area (Å²) in [6.45, 7) is 1.29. The molecule has 2 N–H and O–H groups in total. The highest BCUT2D eigenvalue weighted by Gasteiger charge is 2.18. The van der Waals surface area contributed by atoms with Crippen molar-refractivity contribution in [1.82, 2.24) is 10.3 Å². The molecule has 0 aromatic carbocycles. The number of carboxylic acid groups (broad SMARTS) is 1. The number of hydrogen-bond acceptors (Lipinski definition) is 4. The largest absolute Gasteiger partial charge is 0.480 e. The number of nitrogens with one attached hydrogen (secondary N) is 1. The number of carbonyl (C=O) groups excluding carboxylic acids is 1. The van der Waals surface area contributed by atoms with Crippen molar-refractivity contribution in [3.63, 3.8) is 0 Å². The minimum Gasteiger partial charge on any atom is -0.480 e. The molecular formula is C11H13ClN2O3S. The molecule has 1 aromatic rings. The molecule has 0 bridgehead atoms. The number of hydrogen-bond donors (Lipinski definition) is 2. The average molecular weight is 289 g/mol. The lowest BCUT2D eigenvalue weighted by Gasteiger charge is -2.12. The number of aliphatic carboxylic acids is 1. The zero-order valence-electron chi connectivity index (χ0n) is 9.72. The molecular weight excluding hydrogens is 276 g/mol. The number of pyridine rings is 1. The minimum absolute atomic E-state index is 0.278. The molecule has 0 saturated carbocycles. The highest BCUT2D eigenvalue weighted by molar-refractivity contribution is 7.98. The number of nitrogens with zero attached hydrogens (tertiary/aromatic N) is 1. The third-order valence-corrected chi connectivity index (χ3v) is 3.48. The zero-order chi connectivity index (χ0) is 13.5. The summed E-state index contributed by atoms with van der Waals surface area (Å²) in [6.07, 6.45) is 1.59. The van der Waals surface area contributed by atoms with Crippen molar-refractivity contribution in [2.75, 3.05) is 5.75 Å². The van der Waals surface area contributed by atoms with E-state index in [1.54, 1.807) is 12.3 Å². The first kappa shape index (κ1) is 14.8. The van der Waals surface area contributed by atoms with Gasteiger partial charge in [0.05, 0.1) is 0 Å². The maximum Gasteiger partial charge on any atom is 0.327 e. The monoisotopic (exact) mass is 288 g/mol. The fraction of sp³-hybridized carbons (Fsp3) is 0.364. The average Bonchev–Trinajstić information content (AvgIpc) is 2.29. The van der Waals surface area contributed by atoms with Gasteiger partial charge in [0.15, 0.2) is 0 Å². The number of carbonyl (C=O) groups is 2. The summed E-state index contributed by atoms with van der Waals surface area (Å²) in [5, 5.41) is 11.7. The maximum absolute atomic E-state index is 10.9. The minimum atomic E-state index is -1.05. The van der Waals surface area contributed by atoms with Crippen molar-refractivity contribution in [2.45, 2.75) is 18.7 Å². The molecule has 0 saturated heterocycles. The molecule has 98 valence electrons. The predicted octanol–water partition coefficient (Wildman–Crippen LogP) is 1.56. The van der Waals surface area contributed by atoms with Crippen LogP contribution in [-0.4, -0.2) is 33.8 Å². The SMILES string of the molecule is CC(=O)N[C@@H](CSCc1cccnc1Cl)C(=O)O. The fourth-order valence-corrected chi connectivity index (χ4v) is 2.53. The lowest BCUT2D eigenvalue weighted by atomic mass is 10.3. The first-order valence-corrected chi connectivity index (χ1v) is 6.71. The molecule has 0 unspecified atom stereocenters. The van der Waals surface area contributed by atoms with Gasteiger partial charge in [-0.3, -0.25) is 4.79 Å². The number of aromatic nitrogens is 1. The third-order valence-electron chi connectivity index (χ3n) is 2.05. The van der Waals surface area contributed by atoms with Crippen LogP contribution in [0.4, 0.5) is 0 Å². The summed E-state index contributed by atoms with van der Waals surface area (Å²) in [5.74, 6) is -0.576. The van der Waals surface area contributed by atoms with Crippen molar-refractivity contribution in [1.29, 1.82) is 0 Å². The predicted molar refractivity (Wildman–Crippen MR) is 70.6 cm³/mol. The summed E-state index contributed by atoms with van der Waals surface area (Å²) in [7, 11) is 0. The zero-order valence-corrected chi connectivity index (χ0v) is 11.3. The Bertz CT molecular complexity index is 442.